The lowest BCUT2D eigenvalue weighted by Crippen LogP contribution is -2.57. The van der Waals surface area contributed by atoms with Gasteiger partial charge < -0.3 is 21.1 Å². The van der Waals surface area contributed by atoms with Crippen molar-refractivity contribution in [2.45, 2.75) is 75.1 Å². The summed E-state index contributed by atoms with van der Waals surface area (Å²) < 4.78 is 62.0. The molecule has 0 aliphatic carbocycles. The number of hydrogen-bond donors (Lipinski definition) is 3. The van der Waals surface area contributed by atoms with Crippen LogP contribution in [0.25, 0.3) is 0 Å². The number of piperazine rings is 1. The Morgan fingerprint density at radius 2 is 1.93 bits per heavy atom. The minimum Gasteiger partial charge on any atom is -0.378 e. The van der Waals surface area contributed by atoms with Crippen molar-refractivity contribution in [1.29, 1.82) is 0 Å². The van der Waals surface area contributed by atoms with E-state index >= 15 is 4.39 Å². The maximum absolute atomic E-state index is 15.1. The third-order valence-corrected chi connectivity index (χ3v) is 10.4. The van der Waals surface area contributed by atoms with Crippen molar-refractivity contribution in [3.8, 4) is 0 Å². The smallest absolute Gasteiger partial charge is 0.242 e. The highest BCUT2D eigenvalue weighted by molar-refractivity contribution is 7.89. The highest BCUT2D eigenvalue weighted by Crippen LogP contribution is 2.32. The summed E-state index contributed by atoms with van der Waals surface area (Å²) in [6.45, 7) is 1.50. The number of sulfonamides is 1. The second kappa shape index (κ2) is 12.6. The van der Waals surface area contributed by atoms with Gasteiger partial charge in [-0.25, -0.2) is 17.2 Å². The topological polar surface area (TPSA) is 114 Å². The second-order valence-corrected chi connectivity index (χ2v) is 13.1. The van der Waals surface area contributed by atoms with E-state index < -0.39 is 33.7 Å². The number of hydrogen-bond acceptors (Lipinski definition) is 6. The van der Waals surface area contributed by atoms with E-state index in [0.29, 0.717) is 49.4 Å². The minimum atomic E-state index is -3.37. The highest BCUT2D eigenvalue weighted by atomic mass is 32.2. The van der Waals surface area contributed by atoms with Gasteiger partial charge in [0.15, 0.2) is 0 Å². The molecule has 3 aliphatic heterocycles. The van der Waals surface area contributed by atoms with Gasteiger partial charge in [-0.3, -0.25) is 4.79 Å². The molecule has 0 saturated carbocycles. The summed E-state index contributed by atoms with van der Waals surface area (Å²) in [7, 11) is -3.37. The third kappa shape index (κ3) is 6.54. The summed E-state index contributed by atoms with van der Waals surface area (Å²) in [5.41, 5.74) is 7.85. The first-order valence-electron chi connectivity index (χ1n) is 14.2. The van der Waals surface area contributed by atoms with Gasteiger partial charge in [0.2, 0.25) is 15.9 Å². The number of carbonyl (C=O) groups excluding carboxylic acids is 1. The van der Waals surface area contributed by atoms with Crippen molar-refractivity contribution in [3.05, 3.63) is 65.2 Å². The molecule has 1 amide bonds. The van der Waals surface area contributed by atoms with E-state index in [9.17, 15) is 17.6 Å². The van der Waals surface area contributed by atoms with Crippen LogP contribution in [0.1, 0.15) is 55.6 Å². The van der Waals surface area contributed by atoms with Crippen molar-refractivity contribution >= 4 is 21.6 Å². The molecule has 2 aromatic carbocycles. The van der Waals surface area contributed by atoms with Gasteiger partial charge in [0, 0.05) is 48.9 Å². The monoisotopic (exact) mass is 576 g/mol. The Morgan fingerprint density at radius 3 is 2.67 bits per heavy atom. The van der Waals surface area contributed by atoms with Crippen LogP contribution < -0.4 is 16.4 Å². The molecule has 3 heterocycles. The Bertz CT molecular complexity index is 1290. The van der Waals surface area contributed by atoms with Crippen molar-refractivity contribution in [3.63, 3.8) is 0 Å². The lowest BCUT2D eigenvalue weighted by Gasteiger charge is -2.37. The van der Waals surface area contributed by atoms with Crippen LogP contribution in [0.15, 0.2) is 42.5 Å². The van der Waals surface area contributed by atoms with Gasteiger partial charge in [-0.2, -0.15) is 4.31 Å². The zero-order chi connectivity index (χ0) is 28.3. The second-order valence-electron chi connectivity index (χ2n) is 11.1. The largest absolute Gasteiger partial charge is 0.378 e. The van der Waals surface area contributed by atoms with E-state index in [0.717, 1.165) is 25.7 Å². The number of anilines is 1. The third-order valence-electron chi connectivity index (χ3n) is 8.43. The molecule has 6 atom stereocenters. The number of amides is 1. The van der Waals surface area contributed by atoms with Crippen molar-refractivity contribution in [2.24, 2.45) is 5.73 Å². The van der Waals surface area contributed by atoms with Gasteiger partial charge >= 0.3 is 0 Å². The molecule has 5 rings (SSSR count). The van der Waals surface area contributed by atoms with Crippen LogP contribution >= 0.6 is 0 Å². The van der Waals surface area contributed by atoms with Crippen LogP contribution in [0.2, 0.25) is 0 Å². The molecule has 11 heteroatoms. The van der Waals surface area contributed by atoms with E-state index in [2.05, 4.69) is 10.6 Å². The number of ether oxygens (including phenoxy) is 1. The van der Waals surface area contributed by atoms with Crippen molar-refractivity contribution < 1.29 is 26.7 Å². The molecule has 2 bridgehead atoms. The molecular formula is C29H38F2N4O4S. The lowest BCUT2D eigenvalue weighted by molar-refractivity contribution is -0.119. The van der Waals surface area contributed by atoms with Crippen LogP contribution in [0.5, 0.6) is 0 Å². The number of nitrogens with zero attached hydrogens (tertiary/aromatic N) is 1. The lowest BCUT2D eigenvalue weighted by atomic mass is 9.83. The fourth-order valence-corrected chi connectivity index (χ4v) is 8.06. The molecule has 0 spiro atoms. The minimum absolute atomic E-state index is 0.126. The molecule has 2 unspecified atom stereocenters. The molecule has 3 saturated heterocycles. The average Bonchev–Trinajstić information content (AvgIpc) is 3.06. The Labute approximate surface area is 234 Å². The first kappa shape index (κ1) is 29.1. The van der Waals surface area contributed by atoms with Gasteiger partial charge in [0.1, 0.15) is 11.6 Å². The number of rotatable bonds is 8. The number of benzene rings is 2. The summed E-state index contributed by atoms with van der Waals surface area (Å²) >= 11 is 0. The first-order valence-corrected chi connectivity index (χ1v) is 15.8. The summed E-state index contributed by atoms with van der Waals surface area (Å²) in [4.78, 5) is 13.5. The predicted molar refractivity (Wildman–Crippen MR) is 149 cm³/mol. The normalized spacial score (nSPS) is 27.8. The van der Waals surface area contributed by atoms with Crippen molar-refractivity contribution in [2.75, 3.05) is 30.8 Å². The van der Waals surface area contributed by atoms with Crippen LogP contribution in [0, 0.1) is 11.6 Å². The Hall–Kier alpha value is -2.44. The van der Waals surface area contributed by atoms with E-state index in [4.69, 9.17) is 10.5 Å². The summed E-state index contributed by atoms with van der Waals surface area (Å²) in [5.74, 6) is -1.73. The quantitative estimate of drug-likeness (QED) is 0.445. The molecule has 8 nitrogen and oxygen atoms in total. The summed E-state index contributed by atoms with van der Waals surface area (Å²) in [5, 5.41) is 6.26. The van der Waals surface area contributed by atoms with Gasteiger partial charge in [-0.15, -0.1) is 0 Å². The fraction of sp³-hybridized carbons (Fsp3) is 0.552. The Morgan fingerprint density at radius 1 is 1.12 bits per heavy atom. The SMILES string of the molecule is N[C@H](C(=O)Nc1cccc(F)c1CC[C@H]1CN[C@@H]2CCCS(=O)(=O)N1C2)[C@@H](c1ccc(F)cc1)C1CCCCO1. The zero-order valence-corrected chi connectivity index (χ0v) is 23.3. The van der Waals surface area contributed by atoms with E-state index in [1.54, 1.807) is 22.5 Å². The molecule has 3 aliphatic rings. The van der Waals surface area contributed by atoms with Gasteiger partial charge in [-0.05, 0) is 74.8 Å². The molecular weight excluding hydrogens is 538 g/mol. The van der Waals surface area contributed by atoms with Crippen LogP contribution in [0.3, 0.4) is 0 Å². The predicted octanol–water partition coefficient (Wildman–Crippen LogP) is 3.28. The molecule has 40 heavy (non-hydrogen) atoms. The maximum atomic E-state index is 15.1. The zero-order valence-electron chi connectivity index (χ0n) is 22.5. The molecule has 218 valence electrons. The Balaban J connectivity index is 1.32. The number of nitrogens with two attached hydrogens (primary N) is 1. The van der Waals surface area contributed by atoms with E-state index in [-0.39, 0.29) is 36.2 Å². The van der Waals surface area contributed by atoms with E-state index in [1.165, 1.54) is 24.3 Å². The summed E-state index contributed by atoms with van der Waals surface area (Å²) in [6, 6.07) is 9.23. The van der Waals surface area contributed by atoms with Gasteiger partial charge in [0.25, 0.3) is 0 Å². The highest BCUT2D eigenvalue weighted by Gasteiger charge is 2.38. The fourth-order valence-electron chi connectivity index (χ4n) is 6.25. The number of carbonyl (C=O) groups is 1. The van der Waals surface area contributed by atoms with Crippen LogP contribution in [-0.2, 0) is 26.0 Å². The molecule has 3 fully saturated rings. The van der Waals surface area contributed by atoms with Crippen LogP contribution in [-0.4, -0.2) is 68.3 Å². The molecule has 2 aromatic rings. The average molecular weight is 577 g/mol. The number of fused-ring (bicyclic) bond motifs is 2. The standard InChI is InChI=1S/C29H38F2N4O4S/c30-20-11-9-19(10-12-20)27(26-8-1-2-15-39-26)28(32)29(36)34-25-7-3-6-24(31)23(25)14-13-22-17-33-21-5-4-16-40(37,38)35(22)18-21/h3,6-7,9-12,21-22,26-28,33H,1-2,4-5,8,13-18,32H2,(H,34,36)/t21-,22+,26?,27+,28+/m1/s1. The summed E-state index contributed by atoms with van der Waals surface area (Å²) in [6.07, 6.45) is 4.38. The van der Waals surface area contributed by atoms with Crippen molar-refractivity contribution in [1.82, 2.24) is 9.62 Å². The number of nitrogens with one attached hydrogen (secondary N) is 2. The molecule has 0 aromatic heterocycles. The number of halogens is 2. The van der Waals surface area contributed by atoms with Gasteiger partial charge in [-0.1, -0.05) is 18.2 Å². The maximum Gasteiger partial charge on any atom is 0.242 e. The Kier molecular flexibility index (Phi) is 9.16. The van der Waals surface area contributed by atoms with Crippen LogP contribution in [0.4, 0.5) is 14.5 Å². The van der Waals surface area contributed by atoms with E-state index in [1.807, 2.05) is 0 Å². The first-order chi connectivity index (χ1) is 19.2. The molecule has 4 N–H and O–H groups in total. The van der Waals surface area contributed by atoms with Gasteiger partial charge in [0.05, 0.1) is 17.9 Å². The molecule has 0 radical (unpaired) electrons.